The van der Waals surface area contributed by atoms with E-state index in [1.807, 2.05) is 73.3 Å². The van der Waals surface area contributed by atoms with Crippen LogP contribution in [0.1, 0.15) is 35.1 Å². The number of benzene rings is 2. The molecule has 7 nitrogen and oxygen atoms in total. The molecule has 0 unspecified atom stereocenters. The molecule has 4 rings (SSSR count). The van der Waals surface area contributed by atoms with Crippen LogP contribution >= 0.6 is 0 Å². The van der Waals surface area contributed by atoms with Crippen molar-refractivity contribution in [2.75, 3.05) is 5.01 Å². The summed E-state index contributed by atoms with van der Waals surface area (Å²) in [5, 5.41) is 13.0. The first kappa shape index (κ1) is 20.5. The normalized spacial score (nSPS) is 13.8. The van der Waals surface area contributed by atoms with E-state index in [1.54, 1.807) is 6.20 Å². The van der Waals surface area contributed by atoms with Gasteiger partial charge in [0, 0.05) is 31.8 Å². The molecule has 2 aromatic carbocycles. The van der Waals surface area contributed by atoms with Crippen LogP contribution in [0.3, 0.4) is 0 Å². The summed E-state index contributed by atoms with van der Waals surface area (Å²) in [5.41, 5.74) is 5.17. The molecule has 31 heavy (non-hydrogen) atoms. The largest absolute Gasteiger partial charge is 0.347 e. The van der Waals surface area contributed by atoms with E-state index in [0.29, 0.717) is 25.2 Å². The summed E-state index contributed by atoms with van der Waals surface area (Å²) in [4.78, 5) is 25.3. The van der Waals surface area contributed by atoms with Gasteiger partial charge >= 0.3 is 0 Å². The predicted octanol–water partition coefficient (Wildman–Crippen LogP) is 3.35. The average molecular weight is 415 g/mol. The molecule has 0 saturated carbocycles. The van der Waals surface area contributed by atoms with E-state index < -0.39 is 0 Å². The zero-order valence-electron chi connectivity index (χ0n) is 17.7. The van der Waals surface area contributed by atoms with E-state index in [0.717, 1.165) is 27.9 Å². The summed E-state index contributed by atoms with van der Waals surface area (Å²) in [6.45, 7) is 4.92. The van der Waals surface area contributed by atoms with Gasteiger partial charge in [-0.15, -0.1) is 0 Å². The molecule has 1 aliphatic heterocycles. The fraction of sp³-hybridized carbons (Fsp3) is 0.250. The van der Waals surface area contributed by atoms with E-state index in [4.69, 9.17) is 0 Å². The highest BCUT2D eigenvalue weighted by Gasteiger charge is 2.26. The highest BCUT2D eigenvalue weighted by Crippen LogP contribution is 2.25. The summed E-state index contributed by atoms with van der Waals surface area (Å²) in [5.74, 6) is -0.355. The number of hydrazone groups is 1. The zero-order chi connectivity index (χ0) is 21.8. The monoisotopic (exact) mass is 415 g/mol. The van der Waals surface area contributed by atoms with E-state index in [-0.39, 0.29) is 18.2 Å². The first-order chi connectivity index (χ1) is 15.0. The third kappa shape index (κ3) is 4.71. The Labute approximate surface area is 181 Å². The van der Waals surface area contributed by atoms with Crippen molar-refractivity contribution in [3.63, 3.8) is 0 Å². The van der Waals surface area contributed by atoms with Gasteiger partial charge in [-0.1, -0.05) is 36.4 Å². The van der Waals surface area contributed by atoms with Crippen LogP contribution in [0.5, 0.6) is 0 Å². The number of amides is 2. The van der Waals surface area contributed by atoms with Gasteiger partial charge in [0.2, 0.25) is 5.91 Å². The van der Waals surface area contributed by atoms with Crippen LogP contribution in [-0.4, -0.2) is 27.3 Å². The van der Waals surface area contributed by atoms with Crippen molar-refractivity contribution < 1.29 is 9.59 Å². The summed E-state index contributed by atoms with van der Waals surface area (Å²) >= 11 is 0. The predicted molar refractivity (Wildman–Crippen MR) is 120 cm³/mol. The maximum Gasteiger partial charge on any atom is 0.267 e. The van der Waals surface area contributed by atoms with Crippen molar-refractivity contribution in [1.82, 2.24) is 15.1 Å². The highest BCUT2D eigenvalue weighted by molar-refractivity contribution is 6.40. The van der Waals surface area contributed by atoms with Gasteiger partial charge in [0.1, 0.15) is 5.71 Å². The molecule has 0 radical (unpaired) electrons. The maximum absolute atomic E-state index is 12.8. The van der Waals surface area contributed by atoms with E-state index in [2.05, 4.69) is 15.5 Å². The highest BCUT2D eigenvalue weighted by atomic mass is 16.2. The summed E-state index contributed by atoms with van der Waals surface area (Å²) < 4.78 is 1.85. The average Bonchev–Trinajstić information content (AvgIpc) is 3.28. The first-order valence-corrected chi connectivity index (χ1v) is 10.3. The van der Waals surface area contributed by atoms with Crippen molar-refractivity contribution in [2.45, 2.75) is 39.8 Å². The Kier molecular flexibility index (Phi) is 5.93. The number of nitrogens with one attached hydrogen (secondary N) is 1. The van der Waals surface area contributed by atoms with Crippen molar-refractivity contribution in [2.24, 2.45) is 5.10 Å². The number of anilines is 1. The molecule has 1 aromatic heterocycles. The molecule has 0 saturated heterocycles. The van der Waals surface area contributed by atoms with Crippen LogP contribution < -0.4 is 10.3 Å². The molecule has 7 heteroatoms. The molecule has 0 aliphatic carbocycles. The van der Waals surface area contributed by atoms with Gasteiger partial charge in [0.05, 0.1) is 12.2 Å². The molecule has 0 spiro atoms. The Hall–Kier alpha value is -3.74. The zero-order valence-corrected chi connectivity index (χ0v) is 17.7. The SMILES string of the molecule is Cc1ccc(C)c(N2N=C(C(=O)NCc3ccccc3Cn3cccn3)CCC2=O)c1. The minimum atomic E-state index is -0.253. The van der Waals surface area contributed by atoms with Crippen LogP contribution in [0.2, 0.25) is 0 Å². The molecule has 1 N–H and O–H groups in total. The Bertz CT molecular complexity index is 1130. The number of rotatable bonds is 6. The quantitative estimate of drug-likeness (QED) is 0.671. The smallest absolute Gasteiger partial charge is 0.267 e. The lowest BCUT2D eigenvalue weighted by Gasteiger charge is -2.25. The lowest BCUT2D eigenvalue weighted by atomic mass is 10.1. The first-order valence-electron chi connectivity index (χ1n) is 10.3. The molecule has 2 amide bonds. The van der Waals surface area contributed by atoms with Crippen LogP contribution in [0.15, 0.2) is 66.0 Å². The molecular formula is C24H25N5O2. The second-order valence-corrected chi connectivity index (χ2v) is 7.70. The third-order valence-electron chi connectivity index (χ3n) is 5.34. The Morgan fingerprint density at radius 3 is 2.65 bits per heavy atom. The summed E-state index contributed by atoms with van der Waals surface area (Å²) in [7, 11) is 0. The molecule has 1 aliphatic rings. The van der Waals surface area contributed by atoms with Crippen LogP contribution in [0.25, 0.3) is 0 Å². The Balaban J connectivity index is 1.49. The van der Waals surface area contributed by atoms with Crippen molar-refractivity contribution in [3.8, 4) is 0 Å². The van der Waals surface area contributed by atoms with Crippen LogP contribution in [0.4, 0.5) is 5.69 Å². The third-order valence-corrected chi connectivity index (χ3v) is 5.34. The number of nitrogens with zero attached hydrogens (tertiary/aromatic N) is 4. The number of hydrogen-bond acceptors (Lipinski definition) is 4. The number of carbonyl (C=O) groups excluding carboxylic acids is 2. The number of hydrogen-bond donors (Lipinski definition) is 1. The molecule has 0 fully saturated rings. The number of carbonyl (C=O) groups is 2. The lowest BCUT2D eigenvalue weighted by Crippen LogP contribution is -2.39. The topological polar surface area (TPSA) is 79.6 Å². The van der Waals surface area contributed by atoms with Crippen LogP contribution in [-0.2, 0) is 22.7 Å². The van der Waals surface area contributed by atoms with Gasteiger partial charge in [-0.3, -0.25) is 14.3 Å². The van der Waals surface area contributed by atoms with Crippen LogP contribution in [0, 0.1) is 13.8 Å². The van der Waals surface area contributed by atoms with Gasteiger partial charge in [-0.2, -0.15) is 10.2 Å². The van der Waals surface area contributed by atoms with Crippen molar-refractivity contribution >= 4 is 23.2 Å². The fourth-order valence-corrected chi connectivity index (χ4v) is 3.58. The van der Waals surface area contributed by atoms with Crippen molar-refractivity contribution in [1.29, 1.82) is 0 Å². The van der Waals surface area contributed by atoms with Gasteiger partial charge in [-0.05, 0) is 48.2 Å². The lowest BCUT2D eigenvalue weighted by molar-refractivity contribution is -0.119. The Morgan fingerprint density at radius 2 is 1.87 bits per heavy atom. The number of aromatic nitrogens is 2. The molecule has 0 atom stereocenters. The van der Waals surface area contributed by atoms with Gasteiger partial charge < -0.3 is 5.32 Å². The molecule has 0 bridgehead atoms. The maximum atomic E-state index is 12.8. The van der Waals surface area contributed by atoms with Gasteiger partial charge in [-0.25, -0.2) is 5.01 Å². The molecule has 2 heterocycles. The van der Waals surface area contributed by atoms with E-state index in [9.17, 15) is 9.59 Å². The minimum Gasteiger partial charge on any atom is -0.347 e. The second kappa shape index (κ2) is 8.95. The second-order valence-electron chi connectivity index (χ2n) is 7.70. The number of aryl methyl sites for hydroxylation is 2. The molecule has 158 valence electrons. The van der Waals surface area contributed by atoms with E-state index >= 15 is 0 Å². The fourth-order valence-electron chi connectivity index (χ4n) is 3.58. The van der Waals surface area contributed by atoms with E-state index in [1.165, 1.54) is 5.01 Å². The molecular weight excluding hydrogens is 390 g/mol. The van der Waals surface area contributed by atoms with Crippen molar-refractivity contribution in [3.05, 3.63) is 83.2 Å². The van der Waals surface area contributed by atoms with Gasteiger partial charge in [0.15, 0.2) is 0 Å². The van der Waals surface area contributed by atoms with Gasteiger partial charge in [0.25, 0.3) is 5.91 Å². The summed E-state index contributed by atoms with van der Waals surface area (Å²) in [6.07, 6.45) is 4.25. The standard InChI is InChI=1S/C24H25N5O2/c1-17-8-9-18(2)22(14-17)29-23(30)11-10-21(27-29)24(31)25-15-19-6-3-4-7-20(19)16-28-13-5-12-26-28/h3-9,12-14H,10-11,15-16H2,1-2H3,(H,25,31). The summed E-state index contributed by atoms with van der Waals surface area (Å²) in [6, 6.07) is 15.7. The Morgan fingerprint density at radius 1 is 1.06 bits per heavy atom. The minimum absolute atomic E-state index is 0.102. The molecule has 3 aromatic rings.